The minimum absolute atomic E-state index is 0.274. The molecule has 1 unspecified atom stereocenters. The van der Waals surface area contributed by atoms with Crippen molar-refractivity contribution in [3.05, 3.63) is 16.1 Å². The number of hydrogen-bond acceptors (Lipinski definition) is 4. The first-order chi connectivity index (χ1) is 9.10. The number of nitrogens with two attached hydrogens (primary N) is 1. The Morgan fingerprint density at radius 3 is 2.84 bits per heavy atom. The number of likely N-dealkylation sites (tertiary alicyclic amines) is 1. The van der Waals surface area contributed by atoms with E-state index in [1.165, 1.54) is 4.88 Å². The summed E-state index contributed by atoms with van der Waals surface area (Å²) in [5.41, 5.74) is 5.28. The molecule has 2 rings (SSSR count). The minimum Gasteiger partial charge on any atom is -0.351 e. The van der Waals surface area contributed by atoms with E-state index in [2.05, 4.69) is 24.1 Å². The summed E-state index contributed by atoms with van der Waals surface area (Å²) in [6, 6.07) is 0.411. The Bertz CT molecular complexity index is 426. The number of nitrogens with one attached hydrogen (secondary N) is 1. The molecule has 0 spiro atoms. The zero-order valence-corrected chi connectivity index (χ0v) is 12.4. The number of urea groups is 1. The second kappa shape index (κ2) is 6.34. The van der Waals surface area contributed by atoms with Gasteiger partial charge in [-0.05, 0) is 26.2 Å². The van der Waals surface area contributed by atoms with E-state index in [4.69, 9.17) is 5.73 Å². The summed E-state index contributed by atoms with van der Waals surface area (Å²) in [5.74, 6) is 0. The van der Waals surface area contributed by atoms with E-state index >= 15 is 0 Å². The van der Waals surface area contributed by atoms with Crippen molar-refractivity contribution in [3.8, 4) is 0 Å². The van der Waals surface area contributed by atoms with E-state index in [0.29, 0.717) is 6.04 Å². The monoisotopic (exact) mass is 282 g/mol. The van der Waals surface area contributed by atoms with Gasteiger partial charge in [0.25, 0.3) is 0 Å². The average Bonchev–Trinajstić information content (AvgIpc) is 2.88. The van der Waals surface area contributed by atoms with Crippen LogP contribution < -0.4 is 11.1 Å². The van der Waals surface area contributed by atoms with Crippen molar-refractivity contribution < 1.29 is 4.79 Å². The van der Waals surface area contributed by atoms with E-state index in [0.717, 1.165) is 37.4 Å². The molecule has 0 radical (unpaired) electrons. The Morgan fingerprint density at radius 2 is 2.32 bits per heavy atom. The lowest BCUT2D eigenvalue weighted by atomic mass is 10.0. The highest BCUT2D eigenvalue weighted by molar-refractivity contribution is 7.11. The average molecular weight is 282 g/mol. The van der Waals surface area contributed by atoms with Gasteiger partial charge in [-0.2, -0.15) is 0 Å². The van der Waals surface area contributed by atoms with Crippen LogP contribution in [0.15, 0.2) is 6.20 Å². The Balaban J connectivity index is 1.83. The molecule has 1 atom stereocenters. The fraction of sp³-hybridized carbons (Fsp3) is 0.692. The standard InChI is InChI=1S/C13H22N4OS/c1-3-11-8-15-12(19-11)9(2)16-10-4-6-17(7-5-10)13(14)18/h8-10,16H,3-7H2,1-2H3,(H2,14,18). The maximum atomic E-state index is 11.1. The maximum absolute atomic E-state index is 11.1. The molecule has 0 aromatic carbocycles. The van der Waals surface area contributed by atoms with Gasteiger partial charge < -0.3 is 16.0 Å². The molecule has 19 heavy (non-hydrogen) atoms. The predicted octanol–water partition coefficient (Wildman–Crippen LogP) is 1.90. The van der Waals surface area contributed by atoms with Crippen molar-refractivity contribution in [2.45, 2.75) is 45.2 Å². The molecule has 0 aliphatic carbocycles. The largest absolute Gasteiger partial charge is 0.351 e. The van der Waals surface area contributed by atoms with Gasteiger partial charge in [0.2, 0.25) is 0 Å². The molecule has 6 heteroatoms. The third-order valence-electron chi connectivity index (χ3n) is 3.58. The summed E-state index contributed by atoms with van der Waals surface area (Å²) in [6.45, 7) is 5.79. The second-order valence-electron chi connectivity index (χ2n) is 5.01. The zero-order chi connectivity index (χ0) is 13.8. The number of aryl methyl sites for hydroxylation is 1. The van der Waals surface area contributed by atoms with Gasteiger partial charge in [0.1, 0.15) is 5.01 Å². The fourth-order valence-electron chi connectivity index (χ4n) is 2.38. The van der Waals surface area contributed by atoms with Gasteiger partial charge in [-0.3, -0.25) is 0 Å². The maximum Gasteiger partial charge on any atom is 0.314 e. The van der Waals surface area contributed by atoms with Crippen molar-refractivity contribution in [3.63, 3.8) is 0 Å². The second-order valence-corrected chi connectivity index (χ2v) is 6.15. The molecule has 1 aromatic rings. The summed E-state index contributed by atoms with van der Waals surface area (Å²) >= 11 is 1.78. The van der Waals surface area contributed by atoms with Crippen molar-refractivity contribution in [2.24, 2.45) is 5.73 Å². The van der Waals surface area contributed by atoms with Crippen LogP contribution in [-0.4, -0.2) is 35.0 Å². The van der Waals surface area contributed by atoms with E-state index in [1.807, 2.05) is 6.20 Å². The van der Waals surface area contributed by atoms with Crippen LogP contribution in [-0.2, 0) is 6.42 Å². The lowest BCUT2D eigenvalue weighted by molar-refractivity contribution is 0.183. The van der Waals surface area contributed by atoms with Gasteiger partial charge in [-0.25, -0.2) is 9.78 Å². The highest BCUT2D eigenvalue weighted by atomic mass is 32.1. The van der Waals surface area contributed by atoms with E-state index in [1.54, 1.807) is 16.2 Å². The van der Waals surface area contributed by atoms with Crippen LogP contribution in [0.3, 0.4) is 0 Å². The third-order valence-corrected chi connectivity index (χ3v) is 4.91. The molecule has 1 fully saturated rings. The van der Waals surface area contributed by atoms with Gasteiger partial charge >= 0.3 is 6.03 Å². The molecular formula is C13H22N4OS. The van der Waals surface area contributed by atoms with Crippen molar-refractivity contribution in [1.29, 1.82) is 0 Å². The van der Waals surface area contributed by atoms with E-state index < -0.39 is 0 Å². The molecule has 1 aliphatic heterocycles. The molecule has 5 nitrogen and oxygen atoms in total. The van der Waals surface area contributed by atoms with E-state index in [-0.39, 0.29) is 12.1 Å². The lowest BCUT2D eigenvalue weighted by Gasteiger charge is -2.32. The normalized spacial score (nSPS) is 18.5. The molecule has 0 saturated carbocycles. The Hall–Kier alpha value is -1.14. The Kier molecular flexibility index (Phi) is 4.76. The Labute approximate surface area is 118 Å². The van der Waals surface area contributed by atoms with Crippen LogP contribution in [0.4, 0.5) is 4.79 Å². The molecule has 1 saturated heterocycles. The number of carbonyl (C=O) groups is 1. The smallest absolute Gasteiger partial charge is 0.314 e. The van der Waals surface area contributed by atoms with E-state index in [9.17, 15) is 4.79 Å². The van der Waals surface area contributed by atoms with Gasteiger partial charge in [0.05, 0.1) is 6.04 Å². The molecule has 3 N–H and O–H groups in total. The van der Waals surface area contributed by atoms with Gasteiger partial charge in [-0.15, -0.1) is 11.3 Å². The number of primary amides is 1. The molecule has 1 aromatic heterocycles. The minimum atomic E-state index is -0.306. The first-order valence-electron chi connectivity index (χ1n) is 6.85. The SMILES string of the molecule is CCc1cnc(C(C)NC2CCN(C(N)=O)CC2)s1. The molecule has 106 valence electrons. The van der Waals surface area contributed by atoms with Crippen LogP contribution in [0.25, 0.3) is 0 Å². The van der Waals surface area contributed by atoms with Crippen LogP contribution in [0, 0.1) is 0 Å². The first kappa shape index (κ1) is 14.3. The Morgan fingerprint density at radius 1 is 1.63 bits per heavy atom. The molecule has 2 amide bonds. The summed E-state index contributed by atoms with van der Waals surface area (Å²) in [4.78, 5) is 18.6. The fourth-order valence-corrected chi connectivity index (χ4v) is 3.25. The lowest BCUT2D eigenvalue weighted by Crippen LogP contribution is -2.47. The predicted molar refractivity (Wildman–Crippen MR) is 77.2 cm³/mol. The number of nitrogens with zero attached hydrogens (tertiary/aromatic N) is 2. The zero-order valence-electron chi connectivity index (χ0n) is 11.6. The number of amides is 2. The summed E-state index contributed by atoms with van der Waals surface area (Å²) in [7, 11) is 0. The summed E-state index contributed by atoms with van der Waals surface area (Å²) < 4.78 is 0. The molecule has 2 heterocycles. The molecular weight excluding hydrogens is 260 g/mol. The number of thiazole rings is 1. The summed E-state index contributed by atoms with van der Waals surface area (Å²) in [5, 5.41) is 4.75. The van der Waals surface area contributed by atoms with Crippen LogP contribution in [0.1, 0.15) is 42.6 Å². The number of rotatable bonds is 4. The number of hydrogen-bond donors (Lipinski definition) is 2. The van der Waals surface area contributed by atoms with Crippen molar-refractivity contribution in [1.82, 2.24) is 15.2 Å². The third kappa shape index (κ3) is 3.67. The van der Waals surface area contributed by atoms with Crippen LogP contribution in [0.2, 0.25) is 0 Å². The molecule has 1 aliphatic rings. The topological polar surface area (TPSA) is 71.2 Å². The molecule has 0 bridgehead atoms. The summed E-state index contributed by atoms with van der Waals surface area (Å²) in [6.07, 6.45) is 4.92. The highest BCUT2D eigenvalue weighted by Gasteiger charge is 2.23. The van der Waals surface area contributed by atoms with Gasteiger partial charge in [0, 0.05) is 30.2 Å². The highest BCUT2D eigenvalue weighted by Crippen LogP contribution is 2.22. The number of carbonyl (C=O) groups excluding carboxylic acids is 1. The quantitative estimate of drug-likeness (QED) is 0.886. The van der Waals surface area contributed by atoms with Gasteiger partial charge in [-0.1, -0.05) is 6.92 Å². The van der Waals surface area contributed by atoms with Crippen LogP contribution in [0.5, 0.6) is 0 Å². The van der Waals surface area contributed by atoms with Crippen LogP contribution >= 0.6 is 11.3 Å². The van der Waals surface area contributed by atoms with Gasteiger partial charge in [0.15, 0.2) is 0 Å². The first-order valence-corrected chi connectivity index (χ1v) is 7.66. The number of piperidine rings is 1. The number of aromatic nitrogens is 1. The van der Waals surface area contributed by atoms with Crippen molar-refractivity contribution >= 4 is 17.4 Å². The van der Waals surface area contributed by atoms with Crippen molar-refractivity contribution in [2.75, 3.05) is 13.1 Å².